The van der Waals surface area contributed by atoms with Gasteiger partial charge in [0, 0.05) is 23.0 Å². The second-order valence-corrected chi connectivity index (χ2v) is 9.52. The molecule has 0 spiro atoms. The number of fused-ring (bicyclic) bond motifs is 6. The molecular formula is C24H24Cl2N2O4. The van der Waals surface area contributed by atoms with E-state index in [9.17, 15) is 14.4 Å². The maximum absolute atomic E-state index is 13.3. The van der Waals surface area contributed by atoms with Gasteiger partial charge in [0.15, 0.2) is 0 Å². The molecule has 2 heterocycles. The lowest BCUT2D eigenvalue weighted by molar-refractivity contribution is -0.139. The highest BCUT2D eigenvalue weighted by atomic mass is 35.5. The van der Waals surface area contributed by atoms with Crippen molar-refractivity contribution in [3.63, 3.8) is 0 Å². The van der Waals surface area contributed by atoms with Gasteiger partial charge in [0.1, 0.15) is 24.1 Å². The molecule has 1 amide bonds. The van der Waals surface area contributed by atoms with Crippen LogP contribution in [0.1, 0.15) is 25.5 Å². The third-order valence-electron chi connectivity index (χ3n) is 5.91. The number of carbonyl (C=O) groups is 3. The second-order valence-electron chi connectivity index (χ2n) is 8.67. The van der Waals surface area contributed by atoms with Crippen LogP contribution in [0, 0.1) is 11.8 Å². The van der Waals surface area contributed by atoms with E-state index in [2.05, 4.69) is 0 Å². The standard InChI is InChI=1S/C24H24Cl2N2O4/c1-12(2)22(29)19-20-14-6-5-13(25)11-15(14)18-16(26)7-8-17(32-10-9-27(3)4)21(18)28(20)24(31)23(19)30/h5-8,11-12,19-20H,9-10H2,1-4H3. The molecule has 2 aromatic carbocycles. The summed E-state index contributed by atoms with van der Waals surface area (Å²) < 4.78 is 6.03. The topological polar surface area (TPSA) is 66.9 Å². The summed E-state index contributed by atoms with van der Waals surface area (Å²) in [5, 5.41) is 0.890. The van der Waals surface area contributed by atoms with Crippen LogP contribution in [0.15, 0.2) is 30.3 Å². The first-order valence-electron chi connectivity index (χ1n) is 10.4. The molecule has 0 aliphatic carbocycles. The summed E-state index contributed by atoms with van der Waals surface area (Å²) >= 11 is 12.9. The fourth-order valence-electron chi connectivity index (χ4n) is 4.37. The molecule has 8 heteroatoms. The Balaban J connectivity index is 1.96. The van der Waals surface area contributed by atoms with Gasteiger partial charge >= 0.3 is 0 Å². The molecule has 0 aromatic heterocycles. The number of hydrogen-bond donors (Lipinski definition) is 0. The van der Waals surface area contributed by atoms with Crippen molar-refractivity contribution in [3.05, 3.63) is 45.9 Å². The number of anilines is 1. The molecule has 6 nitrogen and oxygen atoms in total. The average molecular weight is 475 g/mol. The van der Waals surface area contributed by atoms with Crippen molar-refractivity contribution in [3.8, 4) is 16.9 Å². The van der Waals surface area contributed by atoms with Crippen LogP contribution in [0.5, 0.6) is 5.75 Å². The third-order valence-corrected chi connectivity index (χ3v) is 6.46. The molecule has 168 valence electrons. The molecule has 2 aliphatic rings. The zero-order valence-electron chi connectivity index (χ0n) is 18.3. The fourth-order valence-corrected chi connectivity index (χ4v) is 4.80. The van der Waals surface area contributed by atoms with E-state index < -0.39 is 29.6 Å². The van der Waals surface area contributed by atoms with Crippen molar-refractivity contribution in [1.82, 2.24) is 4.90 Å². The Morgan fingerprint density at radius 1 is 1.16 bits per heavy atom. The maximum atomic E-state index is 13.3. The highest BCUT2D eigenvalue weighted by molar-refractivity contribution is 6.49. The van der Waals surface area contributed by atoms with Gasteiger partial charge in [-0.1, -0.05) is 43.1 Å². The first kappa shape index (κ1) is 22.8. The molecule has 2 aromatic rings. The monoisotopic (exact) mass is 474 g/mol. The van der Waals surface area contributed by atoms with E-state index in [-0.39, 0.29) is 5.78 Å². The first-order valence-corrected chi connectivity index (χ1v) is 11.2. The molecular weight excluding hydrogens is 451 g/mol. The number of nitrogens with zero attached hydrogens (tertiary/aromatic N) is 2. The molecule has 4 rings (SSSR count). The van der Waals surface area contributed by atoms with Crippen LogP contribution in [-0.2, 0) is 14.4 Å². The highest BCUT2D eigenvalue weighted by Crippen LogP contribution is 2.56. The number of amides is 1. The van der Waals surface area contributed by atoms with Crippen molar-refractivity contribution >= 4 is 46.4 Å². The van der Waals surface area contributed by atoms with Gasteiger partial charge in [-0.3, -0.25) is 19.3 Å². The maximum Gasteiger partial charge on any atom is 0.295 e. The predicted molar refractivity (Wildman–Crippen MR) is 125 cm³/mol. The van der Waals surface area contributed by atoms with Gasteiger partial charge in [-0.15, -0.1) is 0 Å². The summed E-state index contributed by atoms with van der Waals surface area (Å²) in [5.41, 5.74) is 2.35. The number of Topliss-reactive ketones (excluding diaryl/α,β-unsaturated/α-hetero) is 2. The fraction of sp³-hybridized carbons (Fsp3) is 0.375. The van der Waals surface area contributed by atoms with Gasteiger partial charge in [-0.25, -0.2) is 0 Å². The molecule has 1 saturated heterocycles. The van der Waals surface area contributed by atoms with Crippen molar-refractivity contribution in [2.75, 3.05) is 32.1 Å². The highest BCUT2D eigenvalue weighted by Gasteiger charge is 2.56. The minimum atomic E-state index is -1.09. The van der Waals surface area contributed by atoms with Crippen LogP contribution in [-0.4, -0.2) is 49.6 Å². The molecule has 2 unspecified atom stereocenters. The molecule has 2 atom stereocenters. The summed E-state index contributed by atoms with van der Waals surface area (Å²) in [5.74, 6) is -2.76. The van der Waals surface area contributed by atoms with Gasteiger partial charge in [-0.05, 0) is 49.5 Å². The third kappa shape index (κ3) is 3.60. The van der Waals surface area contributed by atoms with Crippen molar-refractivity contribution < 1.29 is 19.1 Å². The average Bonchev–Trinajstić information content (AvgIpc) is 2.99. The van der Waals surface area contributed by atoms with Gasteiger partial charge < -0.3 is 9.64 Å². The Morgan fingerprint density at radius 3 is 2.53 bits per heavy atom. The Hall–Kier alpha value is -2.41. The Kier molecular flexibility index (Phi) is 6.05. The van der Waals surface area contributed by atoms with E-state index >= 15 is 0 Å². The summed E-state index contributed by atoms with van der Waals surface area (Å²) in [4.78, 5) is 42.8. The van der Waals surface area contributed by atoms with Crippen molar-refractivity contribution in [2.45, 2.75) is 19.9 Å². The van der Waals surface area contributed by atoms with Crippen molar-refractivity contribution in [2.24, 2.45) is 11.8 Å². The van der Waals surface area contributed by atoms with Crippen LogP contribution < -0.4 is 9.64 Å². The normalized spacial score (nSPS) is 19.3. The summed E-state index contributed by atoms with van der Waals surface area (Å²) in [6.45, 7) is 4.49. The number of rotatable bonds is 6. The van der Waals surface area contributed by atoms with Crippen molar-refractivity contribution in [1.29, 1.82) is 0 Å². The largest absolute Gasteiger partial charge is 0.490 e. The molecule has 32 heavy (non-hydrogen) atoms. The van der Waals surface area contributed by atoms with Gasteiger partial charge in [-0.2, -0.15) is 0 Å². The minimum absolute atomic E-state index is 0.266. The van der Waals surface area contributed by atoms with Crippen LogP contribution in [0.4, 0.5) is 5.69 Å². The van der Waals surface area contributed by atoms with Gasteiger partial charge in [0.2, 0.25) is 5.78 Å². The lowest BCUT2D eigenvalue weighted by Crippen LogP contribution is -2.35. The van der Waals surface area contributed by atoms with Gasteiger partial charge in [0.05, 0.1) is 16.8 Å². The summed E-state index contributed by atoms with van der Waals surface area (Å²) in [6.07, 6.45) is 0. The quantitative estimate of drug-likeness (QED) is 0.458. The van der Waals surface area contributed by atoms with E-state index in [4.69, 9.17) is 27.9 Å². The first-order chi connectivity index (χ1) is 15.1. The zero-order chi connectivity index (χ0) is 23.3. The SMILES string of the molecule is CC(C)C(=O)C1C(=O)C(=O)N2c3c(OCCN(C)C)ccc(Cl)c3-c3cc(Cl)ccc3C12. The Morgan fingerprint density at radius 2 is 1.88 bits per heavy atom. The molecule has 0 bridgehead atoms. The van der Waals surface area contributed by atoms with Crippen LogP contribution in [0.3, 0.4) is 0 Å². The lowest BCUT2D eigenvalue weighted by Gasteiger charge is -2.36. The smallest absolute Gasteiger partial charge is 0.295 e. The molecule has 0 radical (unpaired) electrons. The summed E-state index contributed by atoms with van der Waals surface area (Å²) in [6, 6.07) is 7.85. The van der Waals surface area contributed by atoms with Crippen LogP contribution in [0.25, 0.3) is 11.1 Å². The molecule has 2 aliphatic heterocycles. The Labute approximate surface area is 197 Å². The summed E-state index contributed by atoms with van der Waals surface area (Å²) in [7, 11) is 3.86. The van der Waals surface area contributed by atoms with Gasteiger partial charge in [0.25, 0.3) is 5.91 Å². The van der Waals surface area contributed by atoms with Crippen LogP contribution in [0.2, 0.25) is 10.0 Å². The number of halogens is 2. The van der Waals surface area contributed by atoms with E-state index in [1.165, 1.54) is 4.90 Å². The molecule has 1 fully saturated rings. The Bertz CT molecular complexity index is 1130. The van der Waals surface area contributed by atoms with E-state index in [1.54, 1.807) is 44.2 Å². The number of carbonyl (C=O) groups excluding carboxylic acids is 3. The molecule has 0 N–H and O–H groups in total. The molecule has 0 saturated carbocycles. The minimum Gasteiger partial charge on any atom is -0.490 e. The lowest BCUT2D eigenvalue weighted by atomic mass is 9.80. The zero-order valence-corrected chi connectivity index (χ0v) is 19.8. The van der Waals surface area contributed by atoms with E-state index in [0.29, 0.717) is 51.3 Å². The van der Waals surface area contributed by atoms with E-state index in [0.717, 1.165) is 0 Å². The second kappa shape index (κ2) is 8.50. The van der Waals surface area contributed by atoms with Crippen LogP contribution >= 0.6 is 23.2 Å². The number of ether oxygens (including phenoxy) is 1. The number of likely N-dealkylation sites (N-methyl/N-ethyl adjacent to an activating group) is 1. The van der Waals surface area contributed by atoms with E-state index in [1.807, 2.05) is 19.0 Å². The number of hydrogen-bond acceptors (Lipinski definition) is 5. The number of benzene rings is 2. The number of ketones is 2. The predicted octanol–water partition coefficient (Wildman–Crippen LogP) is 4.41.